The molecule has 16 heavy (non-hydrogen) atoms. The smallest absolute Gasteiger partial charge is 0.172 e. The van der Waals surface area contributed by atoms with E-state index in [2.05, 4.69) is 11.6 Å². The summed E-state index contributed by atoms with van der Waals surface area (Å²) < 4.78 is 0. The largest absolute Gasteiger partial charge is 0.361 e. The fourth-order valence-corrected chi connectivity index (χ4v) is 1.79. The molecule has 1 aromatic heterocycles. The van der Waals surface area contributed by atoms with E-state index in [1.165, 1.54) is 6.08 Å². The Morgan fingerprint density at radius 2 is 2.25 bits per heavy atom. The molecule has 1 heterocycles. The molecule has 2 rings (SSSR count). The fraction of sp³-hybridized carbons (Fsp3) is 0.154. The number of para-hydroxylation sites is 1. The molecule has 1 atom stereocenters. The number of carbonyl (C=O) groups is 1. The van der Waals surface area contributed by atoms with E-state index in [1.54, 1.807) is 0 Å². The molecule has 1 aromatic carbocycles. The Kier molecular flexibility index (Phi) is 2.88. The lowest BCUT2D eigenvalue weighted by Crippen LogP contribution is -2.31. The van der Waals surface area contributed by atoms with Gasteiger partial charge >= 0.3 is 0 Å². The second-order valence-electron chi connectivity index (χ2n) is 3.78. The summed E-state index contributed by atoms with van der Waals surface area (Å²) in [4.78, 5) is 14.5. The van der Waals surface area contributed by atoms with Gasteiger partial charge in [0.2, 0.25) is 0 Å². The number of benzene rings is 1. The Labute approximate surface area is 94.0 Å². The lowest BCUT2D eigenvalue weighted by Gasteiger charge is -2.06. The van der Waals surface area contributed by atoms with Gasteiger partial charge in [0.15, 0.2) is 5.78 Å². The number of rotatable bonds is 4. The van der Waals surface area contributed by atoms with Crippen LogP contribution in [0.3, 0.4) is 0 Å². The highest BCUT2D eigenvalue weighted by atomic mass is 16.1. The molecule has 2 aromatic rings. The molecular formula is C13H14N2O. The van der Waals surface area contributed by atoms with E-state index in [9.17, 15) is 4.79 Å². The van der Waals surface area contributed by atoms with Gasteiger partial charge in [-0.05, 0) is 24.1 Å². The Balaban J connectivity index is 2.28. The van der Waals surface area contributed by atoms with Crippen LogP contribution in [0.4, 0.5) is 0 Å². The number of aromatic amines is 1. The van der Waals surface area contributed by atoms with Crippen molar-refractivity contribution in [3.05, 3.63) is 48.7 Å². The van der Waals surface area contributed by atoms with Crippen molar-refractivity contribution in [2.45, 2.75) is 12.5 Å². The molecule has 0 aliphatic carbocycles. The van der Waals surface area contributed by atoms with Crippen LogP contribution < -0.4 is 5.73 Å². The molecule has 3 N–H and O–H groups in total. The highest BCUT2D eigenvalue weighted by molar-refractivity contribution is 5.94. The summed E-state index contributed by atoms with van der Waals surface area (Å²) in [6.45, 7) is 3.44. The van der Waals surface area contributed by atoms with E-state index in [1.807, 2.05) is 30.5 Å². The summed E-state index contributed by atoms with van der Waals surface area (Å²) in [7, 11) is 0. The average molecular weight is 214 g/mol. The number of H-pyrrole nitrogens is 1. The molecule has 0 amide bonds. The highest BCUT2D eigenvalue weighted by Gasteiger charge is 2.13. The van der Waals surface area contributed by atoms with Crippen LogP contribution in [0.25, 0.3) is 10.9 Å². The minimum Gasteiger partial charge on any atom is -0.361 e. The van der Waals surface area contributed by atoms with Gasteiger partial charge in [0.05, 0.1) is 6.04 Å². The summed E-state index contributed by atoms with van der Waals surface area (Å²) in [6, 6.07) is 7.46. The van der Waals surface area contributed by atoms with Crippen molar-refractivity contribution in [2.24, 2.45) is 5.73 Å². The molecule has 0 fully saturated rings. The third-order valence-electron chi connectivity index (χ3n) is 2.68. The quantitative estimate of drug-likeness (QED) is 0.762. The van der Waals surface area contributed by atoms with E-state index >= 15 is 0 Å². The second kappa shape index (κ2) is 4.33. The molecule has 3 nitrogen and oxygen atoms in total. The van der Waals surface area contributed by atoms with Gasteiger partial charge in [0, 0.05) is 17.1 Å². The molecule has 0 aliphatic rings. The summed E-state index contributed by atoms with van der Waals surface area (Å²) in [6.07, 6.45) is 3.72. The topological polar surface area (TPSA) is 58.9 Å². The van der Waals surface area contributed by atoms with Gasteiger partial charge in [-0.15, -0.1) is 0 Å². The minimum absolute atomic E-state index is 0.120. The summed E-state index contributed by atoms with van der Waals surface area (Å²) in [5, 5.41) is 1.12. The lowest BCUT2D eigenvalue weighted by molar-refractivity contribution is -0.115. The summed E-state index contributed by atoms with van der Waals surface area (Å²) in [5.41, 5.74) is 7.91. The van der Waals surface area contributed by atoms with Gasteiger partial charge in [0.25, 0.3) is 0 Å². The Morgan fingerprint density at radius 1 is 1.50 bits per heavy atom. The van der Waals surface area contributed by atoms with Crippen molar-refractivity contribution < 1.29 is 4.79 Å². The third-order valence-corrected chi connectivity index (χ3v) is 2.68. The van der Waals surface area contributed by atoms with E-state index in [0.717, 1.165) is 16.5 Å². The van der Waals surface area contributed by atoms with Crippen LogP contribution in [-0.2, 0) is 11.2 Å². The normalized spacial score (nSPS) is 12.6. The van der Waals surface area contributed by atoms with Gasteiger partial charge in [-0.2, -0.15) is 0 Å². The first kappa shape index (κ1) is 10.6. The maximum absolute atomic E-state index is 11.3. The maximum Gasteiger partial charge on any atom is 0.172 e. The number of fused-ring (bicyclic) bond motifs is 1. The van der Waals surface area contributed by atoms with Crippen LogP contribution >= 0.6 is 0 Å². The van der Waals surface area contributed by atoms with Crippen LogP contribution in [0.2, 0.25) is 0 Å². The molecule has 3 heteroatoms. The van der Waals surface area contributed by atoms with Crippen molar-refractivity contribution in [1.82, 2.24) is 4.98 Å². The highest BCUT2D eigenvalue weighted by Crippen LogP contribution is 2.18. The van der Waals surface area contributed by atoms with Crippen molar-refractivity contribution in [3.8, 4) is 0 Å². The number of hydrogen-bond acceptors (Lipinski definition) is 2. The van der Waals surface area contributed by atoms with Crippen molar-refractivity contribution in [1.29, 1.82) is 0 Å². The fourth-order valence-electron chi connectivity index (χ4n) is 1.79. The van der Waals surface area contributed by atoms with Crippen molar-refractivity contribution >= 4 is 16.7 Å². The van der Waals surface area contributed by atoms with Gasteiger partial charge in [0.1, 0.15) is 0 Å². The number of hydrogen-bond donors (Lipinski definition) is 2. The molecule has 0 radical (unpaired) electrons. The van der Waals surface area contributed by atoms with E-state index in [4.69, 9.17) is 5.73 Å². The predicted octanol–water partition coefficient (Wildman–Crippen LogP) is 1.79. The van der Waals surface area contributed by atoms with Crippen molar-refractivity contribution in [3.63, 3.8) is 0 Å². The monoisotopic (exact) mass is 214 g/mol. The van der Waals surface area contributed by atoms with Crippen LogP contribution in [-0.4, -0.2) is 16.8 Å². The lowest BCUT2D eigenvalue weighted by atomic mass is 10.0. The average Bonchev–Trinajstić information content (AvgIpc) is 2.72. The number of carbonyl (C=O) groups excluding carboxylic acids is 1. The van der Waals surface area contributed by atoms with Crippen molar-refractivity contribution in [2.75, 3.05) is 0 Å². The van der Waals surface area contributed by atoms with Crippen LogP contribution in [0, 0.1) is 0 Å². The SMILES string of the molecule is C=CC(=O)[C@@H](N)Cc1c[nH]c2ccccc12. The second-order valence-corrected chi connectivity index (χ2v) is 3.78. The molecule has 0 spiro atoms. The zero-order valence-corrected chi connectivity index (χ0v) is 8.94. The number of ketones is 1. The van der Waals surface area contributed by atoms with Crippen LogP contribution in [0.15, 0.2) is 43.1 Å². The standard InChI is InChI=1S/C13H14N2O/c1-2-13(16)11(14)7-9-8-15-12-6-4-3-5-10(9)12/h2-6,8,11,15H,1,7,14H2/t11-/m0/s1. The van der Waals surface area contributed by atoms with Gasteiger partial charge in [-0.3, -0.25) is 4.79 Å². The molecule has 0 saturated heterocycles. The molecule has 0 bridgehead atoms. The van der Waals surface area contributed by atoms with Gasteiger partial charge in [-0.1, -0.05) is 24.8 Å². The molecule has 0 unspecified atom stereocenters. The zero-order chi connectivity index (χ0) is 11.5. The van der Waals surface area contributed by atoms with E-state index in [0.29, 0.717) is 6.42 Å². The third kappa shape index (κ3) is 1.90. The number of nitrogens with one attached hydrogen (secondary N) is 1. The summed E-state index contributed by atoms with van der Waals surface area (Å²) in [5.74, 6) is -0.120. The molecule has 82 valence electrons. The van der Waals surface area contributed by atoms with E-state index < -0.39 is 6.04 Å². The number of aromatic nitrogens is 1. The predicted molar refractivity (Wildman–Crippen MR) is 65.2 cm³/mol. The van der Waals surface area contributed by atoms with Crippen LogP contribution in [0.5, 0.6) is 0 Å². The Morgan fingerprint density at radius 3 is 3.00 bits per heavy atom. The van der Waals surface area contributed by atoms with Gasteiger partial charge < -0.3 is 10.7 Å². The minimum atomic E-state index is -0.503. The first-order valence-corrected chi connectivity index (χ1v) is 5.19. The summed E-state index contributed by atoms with van der Waals surface area (Å²) >= 11 is 0. The first-order valence-electron chi connectivity index (χ1n) is 5.19. The number of nitrogens with two attached hydrogens (primary N) is 1. The Hall–Kier alpha value is -1.87. The van der Waals surface area contributed by atoms with Crippen LogP contribution in [0.1, 0.15) is 5.56 Å². The maximum atomic E-state index is 11.3. The Bertz CT molecular complexity index is 527. The van der Waals surface area contributed by atoms with E-state index in [-0.39, 0.29) is 5.78 Å². The molecule has 0 saturated carbocycles. The van der Waals surface area contributed by atoms with Gasteiger partial charge in [-0.25, -0.2) is 0 Å². The zero-order valence-electron chi connectivity index (χ0n) is 8.94. The molecule has 0 aliphatic heterocycles. The molecular weight excluding hydrogens is 200 g/mol. The first-order chi connectivity index (χ1) is 7.72.